The van der Waals surface area contributed by atoms with E-state index < -0.39 is 0 Å². The molecule has 0 fully saturated rings. The highest BCUT2D eigenvalue weighted by Gasteiger charge is 2.23. The lowest BCUT2D eigenvalue weighted by Gasteiger charge is -2.11. The third-order valence-corrected chi connectivity index (χ3v) is 7.85. The Balaban J connectivity index is 1.40. The number of benzene rings is 2. The topological polar surface area (TPSA) is 84.2 Å². The zero-order valence-electron chi connectivity index (χ0n) is 19.1. The van der Waals surface area contributed by atoms with Gasteiger partial charge < -0.3 is 14.8 Å². The number of aryl methyl sites for hydroxylation is 1. The van der Waals surface area contributed by atoms with E-state index in [0.29, 0.717) is 33.3 Å². The summed E-state index contributed by atoms with van der Waals surface area (Å²) in [6.07, 6.45) is 6.48. The van der Waals surface area contributed by atoms with Gasteiger partial charge >= 0.3 is 0 Å². The van der Waals surface area contributed by atoms with E-state index in [-0.39, 0.29) is 12.7 Å². The van der Waals surface area contributed by atoms with Crippen molar-refractivity contribution in [3.05, 3.63) is 70.1 Å². The van der Waals surface area contributed by atoms with Gasteiger partial charge in [0.1, 0.15) is 11.1 Å². The van der Waals surface area contributed by atoms with Gasteiger partial charge in [-0.2, -0.15) is 5.26 Å². The molecule has 2 aromatic carbocycles. The fourth-order valence-electron chi connectivity index (χ4n) is 4.86. The van der Waals surface area contributed by atoms with Gasteiger partial charge in [0.25, 0.3) is 5.91 Å². The van der Waals surface area contributed by atoms with Crippen molar-refractivity contribution in [1.29, 1.82) is 5.26 Å². The average molecular weight is 482 g/mol. The van der Waals surface area contributed by atoms with Crippen molar-refractivity contribution < 1.29 is 14.3 Å². The van der Waals surface area contributed by atoms with Crippen LogP contribution in [0.3, 0.4) is 0 Å². The van der Waals surface area contributed by atoms with E-state index >= 15 is 0 Å². The minimum atomic E-state index is -0.240. The number of thiophene rings is 1. The zero-order valence-corrected chi connectivity index (χ0v) is 19.9. The summed E-state index contributed by atoms with van der Waals surface area (Å²) in [7, 11) is 0. The van der Waals surface area contributed by atoms with Crippen molar-refractivity contribution in [3.63, 3.8) is 0 Å². The number of aromatic nitrogens is 1. The van der Waals surface area contributed by atoms with Crippen molar-refractivity contribution in [2.45, 2.75) is 38.5 Å². The minimum Gasteiger partial charge on any atom is -0.454 e. The number of carbonyl (C=O) groups is 1. The maximum Gasteiger partial charge on any atom is 0.257 e. The van der Waals surface area contributed by atoms with Crippen LogP contribution in [0.25, 0.3) is 22.2 Å². The lowest BCUT2D eigenvalue weighted by Crippen LogP contribution is -2.13. The van der Waals surface area contributed by atoms with Crippen molar-refractivity contribution in [3.8, 4) is 28.8 Å². The SMILES string of the molecule is N#Cc1c(NC(=O)c2cc(-c3ccc4c(c3)OCO4)nc3ccccc23)sc2c1CCCCCC2. The van der Waals surface area contributed by atoms with Gasteiger partial charge in [-0.15, -0.1) is 11.3 Å². The zero-order chi connectivity index (χ0) is 23.8. The summed E-state index contributed by atoms with van der Waals surface area (Å²) in [6.45, 7) is 0.198. The highest BCUT2D eigenvalue weighted by Crippen LogP contribution is 2.38. The number of nitrogens with one attached hydrogen (secondary N) is 1. The predicted molar refractivity (Wildman–Crippen MR) is 136 cm³/mol. The van der Waals surface area contributed by atoms with E-state index in [0.717, 1.165) is 47.7 Å². The van der Waals surface area contributed by atoms with Crippen LogP contribution in [0.15, 0.2) is 48.5 Å². The monoisotopic (exact) mass is 481 g/mol. The van der Waals surface area contributed by atoms with E-state index in [4.69, 9.17) is 14.5 Å². The van der Waals surface area contributed by atoms with Gasteiger partial charge in [0.05, 0.1) is 22.3 Å². The van der Waals surface area contributed by atoms with Crippen molar-refractivity contribution in [2.75, 3.05) is 12.1 Å². The van der Waals surface area contributed by atoms with E-state index in [1.807, 2.05) is 48.5 Å². The first-order chi connectivity index (χ1) is 17.2. The molecule has 1 N–H and O–H groups in total. The molecule has 1 amide bonds. The number of anilines is 1. The Hall–Kier alpha value is -3.89. The normalized spacial score (nSPS) is 14.6. The first-order valence-corrected chi connectivity index (χ1v) is 12.7. The van der Waals surface area contributed by atoms with E-state index in [1.54, 1.807) is 11.3 Å². The lowest BCUT2D eigenvalue weighted by molar-refractivity contribution is 0.102. The van der Waals surface area contributed by atoms with Gasteiger partial charge in [0, 0.05) is 15.8 Å². The minimum absolute atomic E-state index is 0.198. The predicted octanol–water partition coefficient (Wildman–Crippen LogP) is 6.47. The first-order valence-electron chi connectivity index (χ1n) is 11.9. The van der Waals surface area contributed by atoms with Crippen LogP contribution >= 0.6 is 11.3 Å². The molecule has 2 aliphatic rings. The third-order valence-electron chi connectivity index (χ3n) is 6.64. The molecule has 0 radical (unpaired) electrons. The molecule has 2 aromatic heterocycles. The smallest absolute Gasteiger partial charge is 0.257 e. The summed E-state index contributed by atoms with van der Waals surface area (Å²) >= 11 is 1.55. The third kappa shape index (κ3) is 4.00. The van der Waals surface area contributed by atoms with Crippen LogP contribution in [0.4, 0.5) is 5.00 Å². The van der Waals surface area contributed by atoms with Gasteiger partial charge in [-0.05, 0) is 61.6 Å². The summed E-state index contributed by atoms with van der Waals surface area (Å²) in [5.41, 5.74) is 4.50. The number of nitriles is 1. The Morgan fingerprint density at radius 2 is 1.83 bits per heavy atom. The van der Waals surface area contributed by atoms with Crippen LogP contribution in [0.2, 0.25) is 0 Å². The van der Waals surface area contributed by atoms with Crippen molar-refractivity contribution in [2.24, 2.45) is 0 Å². The number of ether oxygens (including phenoxy) is 2. The summed E-state index contributed by atoms with van der Waals surface area (Å²) in [4.78, 5) is 19.7. The largest absolute Gasteiger partial charge is 0.454 e. The van der Waals surface area contributed by atoms with Crippen LogP contribution in [-0.2, 0) is 12.8 Å². The van der Waals surface area contributed by atoms with Crippen molar-refractivity contribution >= 4 is 33.1 Å². The number of amides is 1. The molecule has 0 atom stereocenters. The van der Waals surface area contributed by atoms with E-state index in [9.17, 15) is 10.1 Å². The standard InChI is InChI=1S/C28H23N3O3S/c29-15-21-19-8-3-1-2-4-10-26(19)35-28(21)31-27(32)20-14-23(30-22-9-6-5-7-18(20)22)17-11-12-24-25(13-17)34-16-33-24/h5-7,9,11-14H,1-4,8,10,16H2,(H,31,32). The molecule has 0 bridgehead atoms. The van der Waals surface area contributed by atoms with Gasteiger partial charge in [0.2, 0.25) is 6.79 Å². The maximum absolute atomic E-state index is 13.6. The Bertz CT molecular complexity index is 1500. The molecule has 7 heteroatoms. The molecule has 0 saturated heterocycles. The lowest BCUT2D eigenvalue weighted by atomic mass is 9.97. The van der Waals surface area contributed by atoms with Crippen molar-refractivity contribution in [1.82, 2.24) is 4.98 Å². The second-order valence-corrected chi connectivity index (χ2v) is 9.93. The second-order valence-electron chi connectivity index (χ2n) is 8.83. The van der Waals surface area contributed by atoms with Crippen LogP contribution in [-0.4, -0.2) is 17.7 Å². The molecule has 174 valence electrons. The van der Waals surface area contributed by atoms with E-state index in [2.05, 4.69) is 11.4 Å². The van der Waals surface area contributed by atoms with Gasteiger partial charge in [-0.25, -0.2) is 4.98 Å². The average Bonchev–Trinajstić information content (AvgIpc) is 3.46. The fraction of sp³-hybridized carbons (Fsp3) is 0.250. The number of para-hydroxylation sites is 1. The molecule has 1 aliphatic heterocycles. The highest BCUT2D eigenvalue weighted by atomic mass is 32.1. The molecule has 35 heavy (non-hydrogen) atoms. The van der Waals surface area contributed by atoms with Crippen LogP contribution in [0, 0.1) is 11.3 Å². The number of pyridine rings is 1. The number of nitrogens with zero attached hydrogens (tertiary/aromatic N) is 2. The molecule has 1 aliphatic carbocycles. The van der Waals surface area contributed by atoms with Crippen LogP contribution < -0.4 is 14.8 Å². The molecule has 0 saturated carbocycles. The summed E-state index contributed by atoms with van der Waals surface area (Å²) in [6, 6.07) is 17.4. The van der Waals surface area contributed by atoms with Crippen LogP contribution in [0.5, 0.6) is 11.5 Å². The molecule has 0 spiro atoms. The molecule has 6 nitrogen and oxygen atoms in total. The summed E-state index contributed by atoms with van der Waals surface area (Å²) in [5, 5.41) is 14.4. The maximum atomic E-state index is 13.6. The van der Waals surface area contributed by atoms with E-state index in [1.165, 1.54) is 17.7 Å². The van der Waals surface area contributed by atoms with Gasteiger partial charge in [0.15, 0.2) is 11.5 Å². The molecule has 6 rings (SSSR count). The van der Waals surface area contributed by atoms with Crippen LogP contribution in [0.1, 0.15) is 52.0 Å². The Morgan fingerprint density at radius 1 is 1.00 bits per heavy atom. The number of rotatable bonds is 3. The number of fused-ring (bicyclic) bond motifs is 3. The Morgan fingerprint density at radius 3 is 2.71 bits per heavy atom. The molecule has 4 aromatic rings. The summed E-state index contributed by atoms with van der Waals surface area (Å²) < 4.78 is 11.0. The Labute approximate surface area is 207 Å². The highest BCUT2D eigenvalue weighted by molar-refractivity contribution is 7.16. The Kier molecular flexibility index (Phi) is 5.59. The van der Waals surface area contributed by atoms with Gasteiger partial charge in [-0.3, -0.25) is 4.79 Å². The number of hydrogen-bond acceptors (Lipinski definition) is 6. The summed E-state index contributed by atoms with van der Waals surface area (Å²) in [5.74, 6) is 1.12. The molecular weight excluding hydrogens is 458 g/mol. The van der Waals surface area contributed by atoms with Gasteiger partial charge in [-0.1, -0.05) is 31.0 Å². The first kappa shape index (κ1) is 21.6. The number of carbonyl (C=O) groups excluding carboxylic acids is 1. The second kappa shape index (κ2) is 9.05. The molecular formula is C28H23N3O3S. The molecule has 0 unspecified atom stereocenters. The fourth-order valence-corrected chi connectivity index (χ4v) is 6.10. The quantitative estimate of drug-likeness (QED) is 0.362. The number of hydrogen-bond donors (Lipinski definition) is 1. The molecule has 3 heterocycles.